The Kier molecular flexibility index (Phi) is 2.88. The number of rotatable bonds is 3. The normalized spacial score (nSPS) is 10.4. The van der Waals surface area contributed by atoms with E-state index in [4.69, 9.17) is 0 Å². The van der Waals surface area contributed by atoms with Crippen LogP contribution in [0, 0.1) is 0 Å². The van der Waals surface area contributed by atoms with Crippen molar-refractivity contribution in [2.45, 2.75) is 6.54 Å². The minimum atomic E-state index is 0.799. The molecular weight excluding hydrogens is 222 g/mol. The zero-order valence-electron chi connectivity index (χ0n) is 9.90. The zero-order chi connectivity index (χ0) is 12.2. The van der Waals surface area contributed by atoms with Gasteiger partial charge in [-0.15, -0.1) is 0 Å². The van der Waals surface area contributed by atoms with Gasteiger partial charge in [-0.2, -0.15) is 0 Å². The molecule has 88 valence electrons. The van der Waals surface area contributed by atoms with Crippen molar-refractivity contribution < 1.29 is 0 Å². The molecule has 2 aromatic heterocycles. The van der Waals surface area contributed by atoms with Crippen LogP contribution in [0.3, 0.4) is 0 Å². The van der Waals surface area contributed by atoms with Gasteiger partial charge in [0.25, 0.3) is 0 Å². The van der Waals surface area contributed by atoms with Gasteiger partial charge in [0.15, 0.2) is 0 Å². The van der Waals surface area contributed by atoms with E-state index in [0.29, 0.717) is 0 Å². The fraction of sp³-hybridized carbons (Fsp3) is 0.0667. The van der Waals surface area contributed by atoms with Gasteiger partial charge >= 0.3 is 0 Å². The molecule has 3 heteroatoms. The summed E-state index contributed by atoms with van der Waals surface area (Å²) in [5.74, 6) is 0. The molecule has 3 rings (SSSR count). The standard InChI is InChI=1S/C15H13N3/c1-2-6-14(7-3-1)15-11-18(12-17-15)10-13-5-4-8-16-9-13/h1-9,11-12H,10H2. The lowest BCUT2D eigenvalue weighted by atomic mass is 10.2. The van der Waals surface area contributed by atoms with E-state index in [9.17, 15) is 0 Å². The summed E-state index contributed by atoms with van der Waals surface area (Å²) in [6.07, 6.45) is 7.58. The van der Waals surface area contributed by atoms with Crippen molar-refractivity contribution in [1.29, 1.82) is 0 Å². The molecule has 3 nitrogen and oxygen atoms in total. The minimum Gasteiger partial charge on any atom is -0.332 e. The number of nitrogens with zero attached hydrogens (tertiary/aromatic N) is 3. The highest BCUT2D eigenvalue weighted by molar-refractivity contribution is 5.57. The van der Waals surface area contributed by atoms with E-state index in [1.165, 1.54) is 5.56 Å². The first-order valence-electron chi connectivity index (χ1n) is 5.88. The average Bonchev–Trinajstić information content (AvgIpc) is 2.89. The number of benzene rings is 1. The summed E-state index contributed by atoms with van der Waals surface area (Å²) in [5, 5.41) is 0. The molecule has 0 aliphatic rings. The Morgan fingerprint density at radius 3 is 2.67 bits per heavy atom. The van der Waals surface area contributed by atoms with Gasteiger partial charge in [0.05, 0.1) is 18.6 Å². The molecule has 0 aliphatic heterocycles. The second kappa shape index (κ2) is 4.84. The highest BCUT2D eigenvalue weighted by Crippen LogP contribution is 2.16. The Hall–Kier alpha value is -2.42. The van der Waals surface area contributed by atoms with Crippen LogP contribution in [0.1, 0.15) is 5.56 Å². The van der Waals surface area contributed by atoms with Crippen LogP contribution in [0.2, 0.25) is 0 Å². The largest absolute Gasteiger partial charge is 0.332 e. The molecule has 1 aromatic carbocycles. The first kappa shape index (κ1) is 10.7. The molecule has 0 fully saturated rings. The van der Waals surface area contributed by atoms with Crippen LogP contribution in [0.15, 0.2) is 67.4 Å². The van der Waals surface area contributed by atoms with Crippen molar-refractivity contribution in [2.75, 3.05) is 0 Å². The molecule has 0 spiro atoms. The van der Waals surface area contributed by atoms with Crippen LogP contribution in [-0.2, 0) is 6.54 Å². The number of imidazole rings is 1. The van der Waals surface area contributed by atoms with Crippen molar-refractivity contribution >= 4 is 0 Å². The molecule has 0 aliphatic carbocycles. The third-order valence-corrected chi connectivity index (χ3v) is 2.79. The first-order valence-corrected chi connectivity index (χ1v) is 5.88. The van der Waals surface area contributed by atoms with Gasteiger partial charge < -0.3 is 4.57 Å². The van der Waals surface area contributed by atoms with Gasteiger partial charge in [-0.05, 0) is 11.6 Å². The lowest BCUT2D eigenvalue weighted by Gasteiger charge is -2.00. The van der Waals surface area contributed by atoms with E-state index in [2.05, 4.69) is 38.9 Å². The molecule has 0 unspecified atom stereocenters. The number of hydrogen-bond donors (Lipinski definition) is 0. The Bertz CT molecular complexity index is 615. The lowest BCUT2D eigenvalue weighted by molar-refractivity contribution is 0.793. The summed E-state index contributed by atoms with van der Waals surface area (Å²) in [7, 11) is 0. The SMILES string of the molecule is c1ccc(-c2cn(Cc3cccnc3)cn2)cc1. The van der Waals surface area contributed by atoms with E-state index in [1.807, 2.05) is 36.8 Å². The highest BCUT2D eigenvalue weighted by atomic mass is 15.0. The summed E-state index contributed by atoms with van der Waals surface area (Å²) >= 11 is 0. The number of aromatic nitrogens is 3. The highest BCUT2D eigenvalue weighted by Gasteiger charge is 2.01. The maximum atomic E-state index is 4.43. The summed E-state index contributed by atoms with van der Waals surface area (Å²) in [4.78, 5) is 8.54. The van der Waals surface area contributed by atoms with E-state index in [-0.39, 0.29) is 0 Å². The van der Waals surface area contributed by atoms with Crippen molar-refractivity contribution in [3.05, 3.63) is 72.9 Å². The van der Waals surface area contributed by atoms with Gasteiger partial charge in [-0.1, -0.05) is 36.4 Å². The molecule has 0 saturated carbocycles. The monoisotopic (exact) mass is 235 g/mol. The second-order valence-corrected chi connectivity index (χ2v) is 4.16. The van der Waals surface area contributed by atoms with Crippen LogP contribution >= 0.6 is 0 Å². The van der Waals surface area contributed by atoms with E-state index >= 15 is 0 Å². The van der Waals surface area contributed by atoms with Crippen molar-refractivity contribution in [3.63, 3.8) is 0 Å². The van der Waals surface area contributed by atoms with Gasteiger partial charge in [-0.3, -0.25) is 4.98 Å². The van der Waals surface area contributed by atoms with Crippen LogP contribution in [0.25, 0.3) is 11.3 Å². The van der Waals surface area contributed by atoms with Crippen molar-refractivity contribution in [1.82, 2.24) is 14.5 Å². The van der Waals surface area contributed by atoms with Crippen molar-refractivity contribution in [3.8, 4) is 11.3 Å². The Morgan fingerprint density at radius 1 is 1.00 bits per heavy atom. The maximum Gasteiger partial charge on any atom is 0.0956 e. The molecular formula is C15H13N3. The number of pyridine rings is 1. The lowest BCUT2D eigenvalue weighted by Crippen LogP contribution is -1.96. The summed E-state index contributed by atoms with van der Waals surface area (Å²) < 4.78 is 2.07. The van der Waals surface area contributed by atoms with Gasteiger partial charge in [0.2, 0.25) is 0 Å². The fourth-order valence-corrected chi connectivity index (χ4v) is 1.91. The summed E-state index contributed by atoms with van der Waals surface area (Å²) in [5.41, 5.74) is 3.32. The topological polar surface area (TPSA) is 30.7 Å². The Labute approximate surface area is 106 Å². The van der Waals surface area contributed by atoms with Crippen LogP contribution in [0.5, 0.6) is 0 Å². The maximum absolute atomic E-state index is 4.43. The molecule has 0 amide bonds. The quantitative estimate of drug-likeness (QED) is 0.698. The number of hydrogen-bond acceptors (Lipinski definition) is 2. The van der Waals surface area contributed by atoms with E-state index in [0.717, 1.165) is 17.8 Å². The summed E-state index contributed by atoms with van der Waals surface area (Å²) in [6, 6.07) is 14.2. The molecule has 0 bridgehead atoms. The molecule has 0 saturated heterocycles. The second-order valence-electron chi connectivity index (χ2n) is 4.16. The third-order valence-electron chi connectivity index (χ3n) is 2.79. The molecule has 0 N–H and O–H groups in total. The molecule has 3 aromatic rings. The van der Waals surface area contributed by atoms with E-state index in [1.54, 1.807) is 6.20 Å². The van der Waals surface area contributed by atoms with Crippen molar-refractivity contribution in [2.24, 2.45) is 0 Å². The Morgan fingerprint density at radius 2 is 1.89 bits per heavy atom. The minimum absolute atomic E-state index is 0.799. The zero-order valence-corrected chi connectivity index (χ0v) is 9.90. The van der Waals surface area contributed by atoms with Gasteiger partial charge in [0.1, 0.15) is 0 Å². The summed E-state index contributed by atoms with van der Waals surface area (Å²) in [6.45, 7) is 0.799. The molecule has 0 radical (unpaired) electrons. The predicted molar refractivity (Wildman–Crippen MR) is 71.0 cm³/mol. The van der Waals surface area contributed by atoms with Crippen LogP contribution in [-0.4, -0.2) is 14.5 Å². The van der Waals surface area contributed by atoms with Crippen LogP contribution < -0.4 is 0 Å². The predicted octanol–water partition coefficient (Wildman–Crippen LogP) is 2.99. The van der Waals surface area contributed by atoms with Gasteiger partial charge in [0, 0.05) is 24.2 Å². The smallest absolute Gasteiger partial charge is 0.0956 e. The average molecular weight is 235 g/mol. The van der Waals surface area contributed by atoms with Crippen LogP contribution in [0.4, 0.5) is 0 Å². The Balaban J connectivity index is 1.82. The van der Waals surface area contributed by atoms with E-state index < -0.39 is 0 Å². The molecule has 2 heterocycles. The molecule has 0 atom stereocenters. The fourth-order valence-electron chi connectivity index (χ4n) is 1.91. The third kappa shape index (κ3) is 2.30. The van der Waals surface area contributed by atoms with Gasteiger partial charge in [-0.25, -0.2) is 4.98 Å². The molecule has 18 heavy (non-hydrogen) atoms. The first-order chi connectivity index (χ1) is 8.92.